The van der Waals surface area contributed by atoms with Crippen LogP contribution in [0.1, 0.15) is 25.7 Å². The van der Waals surface area contributed by atoms with Crippen LogP contribution in [-0.4, -0.2) is 29.4 Å². The van der Waals surface area contributed by atoms with E-state index in [-0.39, 0.29) is 18.0 Å². The lowest BCUT2D eigenvalue weighted by Crippen LogP contribution is -2.34. The summed E-state index contributed by atoms with van der Waals surface area (Å²) in [4.78, 5) is 27.4. The number of carbonyl (C=O) groups excluding carboxylic acids is 2. The molecule has 1 aromatic rings. The molecule has 3 rings (SSSR count). The minimum Gasteiger partial charge on any atom is -0.312 e. The molecule has 1 atom stereocenters. The lowest BCUT2D eigenvalue weighted by atomic mass is 10.1. The Morgan fingerprint density at radius 3 is 2.79 bits per heavy atom. The molecular weight excluding hydrogens is 247 g/mol. The zero-order valence-electron chi connectivity index (χ0n) is 10.5. The van der Waals surface area contributed by atoms with Crippen LogP contribution in [0.4, 0.5) is 14.9 Å². The molecule has 5 heteroatoms. The van der Waals surface area contributed by atoms with Crippen LogP contribution in [-0.2, 0) is 4.79 Å². The van der Waals surface area contributed by atoms with E-state index in [1.165, 1.54) is 18.2 Å². The summed E-state index contributed by atoms with van der Waals surface area (Å²) >= 11 is 0. The van der Waals surface area contributed by atoms with Crippen molar-refractivity contribution in [3.8, 4) is 0 Å². The summed E-state index contributed by atoms with van der Waals surface area (Å²) in [6.07, 6.45) is 3.63. The van der Waals surface area contributed by atoms with Gasteiger partial charge in [-0.25, -0.2) is 14.1 Å². The first-order chi connectivity index (χ1) is 9.18. The van der Waals surface area contributed by atoms with Gasteiger partial charge in [-0.3, -0.25) is 4.79 Å². The van der Waals surface area contributed by atoms with Crippen LogP contribution < -0.4 is 4.90 Å². The predicted octanol–water partition coefficient (Wildman–Crippen LogP) is 2.54. The van der Waals surface area contributed by atoms with Crippen molar-refractivity contribution in [3.05, 3.63) is 30.1 Å². The number of imide groups is 1. The number of amides is 3. The Balaban J connectivity index is 1.95. The highest BCUT2D eigenvalue weighted by atomic mass is 19.1. The van der Waals surface area contributed by atoms with Gasteiger partial charge in [-0.1, -0.05) is 18.9 Å². The first kappa shape index (κ1) is 12.1. The zero-order valence-corrected chi connectivity index (χ0v) is 10.5. The Morgan fingerprint density at radius 1 is 1.16 bits per heavy atom. The highest BCUT2D eigenvalue weighted by Gasteiger charge is 2.45. The highest BCUT2D eigenvalue weighted by Crippen LogP contribution is 2.30. The second-order valence-electron chi connectivity index (χ2n) is 4.99. The Kier molecular flexibility index (Phi) is 2.97. The minimum atomic E-state index is -0.444. The standard InChI is InChI=1S/C14H15FN2O2/c15-10-5-4-6-11(9-10)17-13(18)12-7-2-1-3-8-16(12)14(17)19/h4-6,9,12H,1-3,7-8H2. The van der Waals surface area contributed by atoms with E-state index in [2.05, 4.69) is 0 Å². The van der Waals surface area contributed by atoms with Crippen molar-refractivity contribution < 1.29 is 14.0 Å². The normalized spacial score (nSPS) is 23.5. The fourth-order valence-corrected chi connectivity index (χ4v) is 2.82. The molecule has 0 aliphatic carbocycles. The van der Waals surface area contributed by atoms with Crippen LogP contribution in [0.25, 0.3) is 0 Å². The molecule has 1 aromatic carbocycles. The van der Waals surface area contributed by atoms with Gasteiger partial charge in [-0.2, -0.15) is 0 Å². The Labute approximate surface area is 110 Å². The molecule has 4 nitrogen and oxygen atoms in total. The van der Waals surface area contributed by atoms with Gasteiger partial charge in [0.15, 0.2) is 0 Å². The number of benzene rings is 1. The maximum atomic E-state index is 13.2. The van der Waals surface area contributed by atoms with Gasteiger partial charge < -0.3 is 4.90 Å². The minimum absolute atomic E-state index is 0.225. The van der Waals surface area contributed by atoms with Crippen molar-refractivity contribution in [2.24, 2.45) is 0 Å². The maximum absolute atomic E-state index is 13.2. The first-order valence-electron chi connectivity index (χ1n) is 6.58. The van der Waals surface area contributed by atoms with E-state index < -0.39 is 5.82 Å². The molecule has 2 aliphatic heterocycles. The molecular formula is C14H15FN2O2. The van der Waals surface area contributed by atoms with Gasteiger partial charge in [0.05, 0.1) is 5.69 Å². The fourth-order valence-electron chi connectivity index (χ4n) is 2.82. The molecule has 19 heavy (non-hydrogen) atoms. The van der Waals surface area contributed by atoms with E-state index >= 15 is 0 Å². The molecule has 0 saturated carbocycles. The summed E-state index contributed by atoms with van der Waals surface area (Å²) < 4.78 is 13.2. The monoisotopic (exact) mass is 262 g/mol. The van der Waals surface area contributed by atoms with E-state index in [9.17, 15) is 14.0 Å². The molecule has 0 aromatic heterocycles. The molecule has 2 fully saturated rings. The Bertz CT molecular complexity index is 508. The zero-order chi connectivity index (χ0) is 13.4. The largest absolute Gasteiger partial charge is 0.332 e. The van der Waals surface area contributed by atoms with Gasteiger partial charge in [0.25, 0.3) is 5.91 Å². The van der Waals surface area contributed by atoms with Crippen LogP contribution in [0.3, 0.4) is 0 Å². The highest BCUT2D eigenvalue weighted by molar-refractivity contribution is 6.21. The second-order valence-corrected chi connectivity index (χ2v) is 4.99. The van der Waals surface area contributed by atoms with E-state index in [1.54, 1.807) is 11.0 Å². The Hall–Kier alpha value is -1.91. The molecule has 0 bridgehead atoms. The molecule has 2 saturated heterocycles. The average Bonchev–Trinajstić information content (AvgIpc) is 2.59. The van der Waals surface area contributed by atoms with E-state index in [0.29, 0.717) is 18.7 Å². The van der Waals surface area contributed by atoms with Gasteiger partial charge >= 0.3 is 6.03 Å². The molecule has 0 spiro atoms. The molecule has 2 aliphatic rings. The number of anilines is 1. The van der Waals surface area contributed by atoms with Crippen molar-refractivity contribution >= 4 is 17.6 Å². The average molecular weight is 262 g/mol. The smallest absolute Gasteiger partial charge is 0.312 e. The summed E-state index contributed by atoms with van der Waals surface area (Å²) in [6, 6.07) is 4.94. The van der Waals surface area contributed by atoms with Crippen LogP contribution in [0.15, 0.2) is 24.3 Å². The van der Waals surface area contributed by atoms with Gasteiger partial charge in [-0.05, 0) is 31.0 Å². The van der Waals surface area contributed by atoms with Crippen molar-refractivity contribution in [2.45, 2.75) is 31.7 Å². The quantitative estimate of drug-likeness (QED) is 0.730. The van der Waals surface area contributed by atoms with Crippen molar-refractivity contribution in [1.82, 2.24) is 4.90 Å². The van der Waals surface area contributed by atoms with Gasteiger partial charge in [0.1, 0.15) is 11.9 Å². The third-order valence-electron chi connectivity index (χ3n) is 3.76. The second kappa shape index (κ2) is 4.64. The number of carbonyl (C=O) groups is 2. The molecule has 2 heterocycles. The van der Waals surface area contributed by atoms with Crippen LogP contribution in [0.5, 0.6) is 0 Å². The Morgan fingerprint density at radius 2 is 2.00 bits per heavy atom. The first-order valence-corrected chi connectivity index (χ1v) is 6.58. The molecule has 100 valence electrons. The number of rotatable bonds is 1. The summed E-state index contributed by atoms with van der Waals surface area (Å²) in [6.45, 7) is 0.612. The SMILES string of the molecule is O=C1C2CCCCCN2C(=O)N1c1cccc(F)c1. The lowest BCUT2D eigenvalue weighted by molar-refractivity contribution is -0.119. The third-order valence-corrected chi connectivity index (χ3v) is 3.76. The molecule has 1 unspecified atom stereocenters. The summed E-state index contributed by atoms with van der Waals surface area (Å²) in [5.74, 6) is -0.669. The number of urea groups is 1. The fraction of sp³-hybridized carbons (Fsp3) is 0.429. The summed E-state index contributed by atoms with van der Waals surface area (Å²) in [7, 11) is 0. The van der Waals surface area contributed by atoms with Gasteiger partial charge in [0, 0.05) is 6.54 Å². The van der Waals surface area contributed by atoms with Gasteiger partial charge in [0.2, 0.25) is 0 Å². The number of fused-ring (bicyclic) bond motifs is 1. The molecule has 3 amide bonds. The third kappa shape index (κ3) is 1.99. The number of hydrogen-bond donors (Lipinski definition) is 0. The van der Waals surface area contributed by atoms with Crippen molar-refractivity contribution in [3.63, 3.8) is 0 Å². The number of halogens is 1. The summed E-state index contributed by atoms with van der Waals surface area (Å²) in [5, 5.41) is 0. The van der Waals surface area contributed by atoms with Gasteiger partial charge in [-0.15, -0.1) is 0 Å². The lowest BCUT2D eigenvalue weighted by Gasteiger charge is -2.18. The van der Waals surface area contributed by atoms with E-state index in [4.69, 9.17) is 0 Å². The number of nitrogens with zero attached hydrogens (tertiary/aromatic N) is 2. The van der Waals surface area contributed by atoms with Crippen molar-refractivity contribution in [1.29, 1.82) is 0 Å². The van der Waals surface area contributed by atoms with E-state index in [1.807, 2.05) is 0 Å². The molecule has 0 radical (unpaired) electrons. The predicted molar refractivity (Wildman–Crippen MR) is 68.2 cm³/mol. The van der Waals surface area contributed by atoms with Crippen molar-refractivity contribution in [2.75, 3.05) is 11.4 Å². The maximum Gasteiger partial charge on any atom is 0.332 e. The number of hydrogen-bond acceptors (Lipinski definition) is 2. The van der Waals surface area contributed by atoms with Crippen LogP contribution >= 0.6 is 0 Å². The van der Waals surface area contributed by atoms with E-state index in [0.717, 1.165) is 24.2 Å². The topological polar surface area (TPSA) is 40.6 Å². The molecule has 0 N–H and O–H groups in total. The summed E-state index contributed by atoms with van der Waals surface area (Å²) in [5.41, 5.74) is 0.322. The van der Waals surface area contributed by atoms with Crippen LogP contribution in [0.2, 0.25) is 0 Å². The van der Waals surface area contributed by atoms with Crippen LogP contribution in [0, 0.1) is 5.82 Å².